The first-order chi connectivity index (χ1) is 8.18. The number of benzene rings is 1. The van der Waals surface area contributed by atoms with E-state index in [9.17, 15) is 0 Å². The van der Waals surface area contributed by atoms with E-state index >= 15 is 0 Å². The highest BCUT2D eigenvalue weighted by molar-refractivity contribution is 7.16. The Morgan fingerprint density at radius 1 is 1.53 bits per heavy atom. The van der Waals surface area contributed by atoms with Gasteiger partial charge in [-0.1, -0.05) is 18.5 Å². The fourth-order valence-electron chi connectivity index (χ4n) is 1.93. The van der Waals surface area contributed by atoms with Crippen molar-refractivity contribution in [2.75, 3.05) is 25.1 Å². The minimum Gasteiger partial charge on any atom is -0.381 e. The summed E-state index contributed by atoms with van der Waals surface area (Å²) in [6, 6.07) is 3.93. The summed E-state index contributed by atoms with van der Waals surface area (Å²) >= 11 is 7.85. The Balaban J connectivity index is 1.88. The number of aromatic nitrogens is 1. The fraction of sp³-hybridized carbons (Fsp3) is 0.417. The third-order valence-corrected chi connectivity index (χ3v) is 4.15. The molecule has 0 spiro atoms. The third kappa shape index (κ3) is 2.01. The van der Waals surface area contributed by atoms with E-state index in [4.69, 9.17) is 16.3 Å². The summed E-state index contributed by atoms with van der Waals surface area (Å²) in [5.74, 6) is 0. The van der Waals surface area contributed by atoms with Gasteiger partial charge in [0.2, 0.25) is 0 Å². The highest BCUT2D eigenvalue weighted by atomic mass is 35.5. The molecule has 2 heterocycles. The molecule has 0 atom stereocenters. The normalized spacial score (nSPS) is 18.0. The molecular formula is C12H13ClN2OS. The fourth-order valence-corrected chi connectivity index (χ4v) is 2.83. The van der Waals surface area contributed by atoms with E-state index < -0.39 is 0 Å². The summed E-state index contributed by atoms with van der Waals surface area (Å²) in [7, 11) is 0. The maximum Gasteiger partial charge on any atom is 0.106 e. The van der Waals surface area contributed by atoms with E-state index in [1.807, 2.05) is 17.6 Å². The first-order valence-electron chi connectivity index (χ1n) is 5.51. The van der Waals surface area contributed by atoms with Gasteiger partial charge in [-0.3, -0.25) is 0 Å². The average Bonchev–Trinajstić information content (AvgIpc) is 2.73. The number of hydrogen-bond donors (Lipinski definition) is 1. The first-order valence-corrected chi connectivity index (χ1v) is 6.77. The predicted octanol–water partition coefficient (Wildman–Crippen LogP) is 3.40. The zero-order valence-electron chi connectivity index (χ0n) is 9.50. The molecule has 2 aromatic rings. The molecule has 1 aliphatic heterocycles. The van der Waals surface area contributed by atoms with Crippen LogP contribution in [0.25, 0.3) is 10.2 Å². The van der Waals surface area contributed by atoms with Crippen LogP contribution in [-0.4, -0.2) is 24.7 Å². The maximum atomic E-state index is 6.22. The zero-order valence-corrected chi connectivity index (χ0v) is 11.1. The quantitative estimate of drug-likeness (QED) is 0.926. The lowest BCUT2D eigenvalue weighted by Crippen LogP contribution is -2.45. The number of nitrogens with one attached hydrogen (secondary N) is 1. The topological polar surface area (TPSA) is 34.2 Å². The second-order valence-corrected chi connectivity index (χ2v) is 6.07. The number of thiazole rings is 1. The molecule has 1 fully saturated rings. The maximum absolute atomic E-state index is 6.22. The molecule has 3 rings (SSSR count). The summed E-state index contributed by atoms with van der Waals surface area (Å²) < 4.78 is 6.40. The van der Waals surface area contributed by atoms with Gasteiger partial charge in [0.25, 0.3) is 0 Å². The second-order valence-electron chi connectivity index (χ2n) is 4.78. The lowest BCUT2D eigenvalue weighted by atomic mass is 9.88. The number of ether oxygens (including phenoxy) is 1. The molecule has 0 bridgehead atoms. The van der Waals surface area contributed by atoms with Crippen molar-refractivity contribution in [1.82, 2.24) is 4.98 Å². The van der Waals surface area contributed by atoms with Crippen LogP contribution in [0.5, 0.6) is 0 Å². The predicted molar refractivity (Wildman–Crippen MR) is 72.0 cm³/mol. The SMILES string of the molecule is CC1(CNc2c(Cl)ccc3scnc23)COC1. The van der Waals surface area contributed by atoms with Crippen LogP contribution in [0.15, 0.2) is 17.6 Å². The van der Waals surface area contributed by atoms with Gasteiger partial charge < -0.3 is 10.1 Å². The Kier molecular flexibility index (Phi) is 2.73. The Morgan fingerprint density at radius 2 is 2.35 bits per heavy atom. The Hall–Kier alpha value is -0.840. The second kappa shape index (κ2) is 4.12. The van der Waals surface area contributed by atoms with Crippen molar-refractivity contribution in [3.05, 3.63) is 22.7 Å². The monoisotopic (exact) mass is 268 g/mol. The molecule has 17 heavy (non-hydrogen) atoms. The van der Waals surface area contributed by atoms with Crippen LogP contribution in [-0.2, 0) is 4.74 Å². The lowest BCUT2D eigenvalue weighted by Gasteiger charge is -2.38. The zero-order chi connectivity index (χ0) is 11.9. The molecule has 0 radical (unpaired) electrons. The number of fused-ring (bicyclic) bond motifs is 1. The van der Waals surface area contributed by atoms with Crippen LogP contribution < -0.4 is 5.32 Å². The van der Waals surface area contributed by atoms with E-state index in [1.54, 1.807) is 11.3 Å². The van der Waals surface area contributed by atoms with Crippen LogP contribution in [0, 0.1) is 5.41 Å². The number of halogens is 1. The largest absolute Gasteiger partial charge is 0.381 e. The van der Waals surface area contributed by atoms with Gasteiger partial charge in [-0.15, -0.1) is 11.3 Å². The summed E-state index contributed by atoms with van der Waals surface area (Å²) in [5.41, 5.74) is 3.98. The number of hydrogen-bond acceptors (Lipinski definition) is 4. The molecule has 0 aliphatic carbocycles. The highest BCUT2D eigenvalue weighted by Crippen LogP contribution is 2.34. The van der Waals surface area contributed by atoms with Crippen LogP contribution >= 0.6 is 22.9 Å². The minimum atomic E-state index is 0.224. The summed E-state index contributed by atoms with van der Waals surface area (Å²) in [6.45, 7) is 4.69. The highest BCUT2D eigenvalue weighted by Gasteiger charge is 2.33. The van der Waals surface area contributed by atoms with Crippen molar-refractivity contribution in [3.63, 3.8) is 0 Å². The van der Waals surface area contributed by atoms with E-state index in [0.29, 0.717) is 0 Å². The summed E-state index contributed by atoms with van der Waals surface area (Å²) in [4.78, 5) is 4.36. The van der Waals surface area contributed by atoms with Crippen molar-refractivity contribution < 1.29 is 4.74 Å². The van der Waals surface area contributed by atoms with Crippen LogP contribution in [0.2, 0.25) is 5.02 Å². The van der Waals surface area contributed by atoms with Crippen molar-refractivity contribution in [2.45, 2.75) is 6.92 Å². The third-order valence-electron chi connectivity index (χ3n) is 3.04. The van der Waals surface area contributed by atoms with Crippen LogP contribution in [0.1, 0.15) is 6.92 Å². The Bertz CT molecular complexity index is 550. The van der Waals surface area contributed by atoms with Gasteiger partial charge >= 0.3 is 0 Å². The number of nitrogens with zero attached hydrogens (tertiary/aromatic N) is 1. The standard InChI is InChI=1S/C12H13ClN2OS/c1-12(5-16-6-12)4-14-10-8(13)2-3-9-11(10)15-7-17-9/h2-3,7,14H,4-6H2,1H3. The Labute approximate surface area is 109 Å². The molecule has 3 nitrogen and oxygen atoms in total. The molecule has 1 aromatic heterocycles. The molecule has 0 unspecified atom stereocenters. The van der Waals surface area contributed by atoms with Gasteiger partial charge in [0.05, 0.1) is 34.1 Å². The summed E-state index contributed by atoms with van der Waals surface area (Å²) in [6.07, 6.45) is 0. The van der Waals surface area contributed by atoms with E-state index in [-0.39, 0.29) is 5.41 Å². The van der Waals surface area contributed by atoms with Gasteiger partial charge in [-0.2, -0.15) is 0 Å². The van der Waals surface area contributed by atoms with Crippen LogP contribution in [0.4, 0.5) is 5.69 Å². The molecule has 1 aliphatic rings. The first kappa shape index (κ1) is 11.3. The van der Waals surface area contributed by atoms with Gasteiger partial charge in [0.15, 0.2) is 0 Å². The number of rotatable bonds is 3. The molecule has 1 N–H and O–H groups in total. The van der Waals surface area contributed by atoms with Crippen molar-refractivity contribution >= 4 is 38.8 Å². The molecule has 1 aromatic carbocycles. The minimum absolute atomic E-state index is 0.224. The average molecular weight is 269 g/mol. The number of anilines is 1. The van der Waals surface area contributed by atoms with Gasteiger partial charge in [-0.05, 0) is 12.1 Å². The smallest absolute Gasteiger partial charge is 0.106 e. The van der Waals surface area contributed by atoms with E-state index in [2.05, 4.69) is 17.2 Å². The Morgan fingerprint density at radius 3 is 3.06 bits per heavy atom. The molecule has 90 valence electrons. The van der Waals surface area contributed by atoms with E-state index in [0.717, 1.165) is 40.7 Å². The molecule has 0 amide bonds. The molecule has 1 saturated heterocycles. The van der Waals surface area contributed by atoms with Crippen LogP contribution in [0.3, 0.4) is 0 Å². The van der Waals surface area contributed by atoms with Gasteiger partial charge in [-0.25, -0.2) is 4.98 Å². The van der Waals surface area contributed by atoms with Crippen molar-refractivity contribution in [3.8, 4) is 0 Å². The molecule has 5 heteroatoms. The lowest BCUT2D eigenvalue weighted by molar-refractivity contribution is -0.0924. The van der Waals surface area contributed by atoms with Gasteiger partial charge in [0.1, 0.15) is 5.52 Å². The van der Waals surface area contributed by atoms with E-state index in [1.165, 1.54) is 0 Å². The van der Waals surface area contributed by atoms with Crippen molar-refractivity contribution in [1.29, 1.82) is 0 Å². The molecular weight excluding hydrogens is 256 g/mol. The molecule has 0 saturated carbocycles. The van der Waals surface area contributed by atoms with Crippen molar-refractivity contribution in [2.24, 2.45) is 5.41 Å². The van der Waals surface area contributed by atoms with Gasteiger partial charge in [0, 0.05) is 12.0 Å². The summed E-state index contributed by atoms with van der Waals surface area (Å²) in [5, 5.41) is 4.15.